The number of H-pyrrole nitrogens is 1. The molecule has 0 aliphatic rings. The summed E-state index contributed by atoms with van der Waals surface area (Å²) in [6.07, 6.45) is 2.65. The van der Waals surface area contributed by atoms with Crippen LogP contribution in [0.15, 0.2) is 55.6 Å². The maximum Gasteiger partial charge on any atom is 0.331 e. The van der Waals surface area contributed by atoms with Crippen LogP contribution in [0.3, 0.4) is 0 Å². The molecule has 0 aliphatic heterocycles. The van der Waals surface area contributed by atoms with Gasteiger partial charge in [-0.05, 0) is 36.8 Å². The number of hydrogen-bond acceptors (Lipinski definition) is 5. The maximum atomic E-state index is 12.0. The Hall–Kier alpha value is -3.06. The lowest BCUT2D eigenvalue weighted by Gasteiger charge is -2.08. The second-order valence-corrected chi connectivity index (χ2v) is 5.79. The van der Waals surface area contributed by atoms with Crippen molar-refractivity contribution in [1.29, 1.82) is 0 Å². The van der Waals surface area contributed by atoms with Crippen LogP contribution in [0.4, 0.5) is 5.69 Å². The van der Waals surface area contributed by atoms with Gasteiger partial charge in [-0.2, -0.15) is 0 Å². The molecular formula is C17H14ClN3O4. The monoisotopic (exact) mass is 359 g/mol. The molecule has 0 fully saturated rings. The fourth-order valence-electron chi connectivity index (χ4n) is 2.25. The molecule has 0 saturated carbocycles. The lowest BCUT2D eigenvalue weighted by molar-refractivity contribution is 0.392. The third-order valence-corrected chi connectivity index (χ3v) is 3.84. The number of benzene rings is 1. The van der Waals surface area contributed by atoms with Crippen molar-refractivity contribution in [2.75, 3.05) is 0 Å². The third-order valence-electron chi connectivity index (χ3n) is 3.60. The van der Waals surface area contributed by atoms with Gasteiger partial charge in [-0.1, -0.05) is 17.7 Å². The molecule has 0 amide bonds. The molecule has 3 rings (SSSR count). The van der Waals surface area contributed by atoms with Gasteiger partial charge in [0.15, 0.2) is 0 Å². The molecule has 2 N–H and O–H groups in total. The number of aromatic nitrogens is 2. The van der Waals surface area contributed by atoms with E-state index >= 15 is 0 Å². The summed E-state index contributed by atoms with van der Waals surface area (Å²) in [6.45, 7) is 1.82. The first-order valence-electron chi connectivity index (χ1n) is 7.34. The van der Waals surface area contributed by atoms with E-state index in [2.05, 4.69) is 9.98 Å². The van der Waals surface area contributed by atoms with E-state index in [0.717, 1.165) is 10.1 Å². The van der Waals surface area contributed by atoms with Crippen LogP contribution in [0.1, 0.15) is 16.9 Å². The van der Waals surface area contributed by atoms with Crippen molar-refractivity contribution in [2.24, 2.45) is 4.99 Å². The summed E-state index contributed by atoms with van der Waals surface area (Å²) in [5.74, 6) is -0.0356. The van der Waals surface area contributed by atoms with Crippen molar-refractivity contribution in [2.45, 2.75) is 13.5 Å². The van der Waals surface area contributed by atoms with Gasteiger partial charge in [0, 0.05) is 11.2 Å². The average molecular weight is 360 g/mol. The van der Waals surface area contributed by atoms with E-state index < -0.39 is 17.1 Å². The number of aromatic amines is 1. The van der Waals surface area contributed by atoms with Gasteiger partial charge in [0.1, 0.15) is 11.3 Å². The Morgan fingerprint density at radius 2 is 2.16 bits per heavy atom. The highest BCUT2D eigenvalue weighted by Crippen LogP contribution is 2.23. The van der Waals surface area contributed by atoms with Crippen molar-refractivity contribution in [1.82, 2.24) is 9.55 Å². The molecule has 0 aliphatic carbocycles. The highest BCUT2D eigenvalue weighted by atomic mass is 35.5. The zero-order chi connectivity index (χ0) is 18.0. The third kappa shape index (κ3) is 3.56. The van der Waals surface area contributed by atoms with Crippen LogP contribution < -0.4 is 11.2 Å². The van der Waals surface area contributed by atoms with Crippen LogP contribution in [0.2, 0.25) is 5.02 Å². The Balaban J connectivity index is 2.04. The summed E-state index contributed by atoms with van der Waals surface area (Å²) < 4.78 is 6.16. The Morgan fingerprint density at radius 1 is 1.36 bits per heavy atom. The molecule has 8 heteroatoms. The number of hydrogen-bond donors (Lipinski definition) is 2. The molecular weight excluding hydrogens is 346 g/mol. The normalized spacial score (nSPS) is 11.3. The first-order chi connectivity index (χ1) is 12.0. The number of rotatable bonds is 4. The summed E-state index contributed by atoms with van der Waals surface area (Å²) in [7, 11) is 0. The Labute approximate surface area is 146 Å². The van der Waals surface area contributed by atoms with E-state index in [-0.39, 0.29) is 12.1 Å². The molecule has 0 radical (unpaired) electrons. The molecule has 3 aromatic rings. The fourth-order valence-corrected chi connectivity index (χ4v) is 2.42. The highest BCUT2D eigenvalue weighted by Gasteiger charge is 2.14. The molecule has 0 unspecified atom stereocenters. The van der Waals surface area contributed by atoms with Crippen molar-refractivity contribution < 1.29 is 9.52 Å². The summed E-state index contributed by atoms with van der Waals surface area (Å²) >= 11 is 5.94. The van der Waals surface area contributed by atoms with Gasteiger partial charge in [-0.15, -0.1) is 0 Å². The topological polar surface area (TPSA) is 101 Å². The maximum absolute atomic E-state index is 12.0. The molecule has 2 aromatic heterocycles. The Bertz CT molecular complexity index is 1050. The number of aliphatic imine (C=N–C) groups is 1. The van der Waals surface area contributed by atoms with E-state index in [1.165, 1.54) is 12.5 Å². The second kappa shape index (κ2) is 6.82. The van der Waals surface area contributed by atoms with E-state index in [4.69, 9.17) is 16.0 Å². The van der Waals surface area contributed by atoms with Crippen LogP contribution in [0.5, 0.6) is 5.88 Å². The summed E-state index contributed by atoms with van der Waals surface area (Å²) in [4.78, 5) is 30.3. The van der Waals surface area contributed by atoms with Gasteiger partial charge < -0.3 is 9.52 Å². The zero-order valence-corrected chi connectivity index (χ0v) is 13.9. The summed E-state index contributed by atoms with van der Waals surface area (Å²) in [6, 6.07) is 8.46. The smallest absolute Gasteiger partial charge is 0.331 e. The Kier molecular flexibility index (Phi) is 4.58. The van der Waals surface area contributed by atoms with E-state index in [0.29, 0.717) is 16.5 Å². The molecule has 0 atom stereocenters. The van der Waals surface area contributed by atoms with E-state index in [9.17, 15) is 14.7 Å². The molecule has 0 saturated heterocycles. The number of furan rings is 1. The SMILES string of the molecule is Cc1ccc(Cl)cc1N=Cc1c(O)n(Cc2ccco2)c(=O)[nH]c1=O. The molecule has 1 aromatic carbocycles. The number of aromatic hydroxyl groups is 1. The van der Waals surface area contributed by atoms with Gasteiger partial charge in [-0.3, -0.25) is 19.3 Å². The number of halogens is 1. The quantitative estimate of drug-likeness (QED) is 0.699. The number of nitrogens with zero attached hydrogens (tertiary/aromatic N) is 2. The second-order valence-electron chi connectivity index (χ2n) is 5.35. The van der Waals surface area contributed by atoms with Crippen LogP contribution in [-0.4, -0.2) is 20.9 Å². The molecule has 0 spiro atoms. The largest absolute Gasteiger partial charge is 0.494 e. The fraction of sp³-hybridized carbons (Fsp3) is 0.118. The van der Waals surface area contributed by atoms with Crippen molar-refractivity contribution in [3.8, 4) is 5.88 Å². The molecule has 25 heavy (non-hydrogen) atoms. The van der Waals surface area contributed by atoms with Crippen LogP contribution >= 0.6 is 11.6 Å². The van der Waals surface area contributed by atoms with Crippen molar-refractivity contribution >= 4 is 23.5 Å². The molecule has 0 bridgehead atoms. The highest BCUT2D eigenvalue weighted by molar-refractivity contribution is 6.30. The summed E-state index contributed by atoms with van der Waals surface area (Å²) in [5.41, 5.74) is -0.210. The van der Waals surface area contributed by atoms with Crippen molar-refractivity contribution in [3.63, 3.8) is 0 Å². The van der Waals surface area contributed by atoms with Gasteiger partial charge in [-0.25, -0.2) is 4.79 Å². The van der Waals surface area contributed by atoms with Gasteiger partial charge in [0.05, 0.1) is 18.5 Å². The van der Waals surface area contributed by atoms with Gasteiger partial charge in [0.2, 0.25) is 5.88 Å². The molecule has 2 heterocycles. The minimum absolute atomic E-state index is 0.0223. The van der Waals surface area contributed by atoms with Gasteiger partial charge in [0.25, 0.3) is 5.56 Å². The first-order valence-corrected chi connectivity index (χ1v) is 7.72. The van der Waals surface area contributed by atoms with E-state index in [1.807, 2.05) is 6.92 Å². The standard InChI is InChI=1S/C17H14ClN3O4/c1-10-4-5-11(18)7-14(10)19-8-13-15(22)20-17(24)21(16(13)23)9-12-3-2-6-25-12/h2-8,23H,9H2,1H3,(H,20,22,24). The predicted molar refractivity (Wildman–Crippen MR) is 94.2 cm³/mol. The van der Waals surface area contributed by atoms with Crippen LogP contribution in [0.25, 0.3) is 0 Å². The predicted octanol–water partition coefficient (Wildman–Crippen LogP) is 2.60. The molecule has 128 valence electrons. The van der Waals surface area contributed by atoms with Crippen LogP contribution in [0, 0.1) is 6.92 Å². The lowest BCUT2D eigenvalue weighted by Crippen LogP contribution is -2.32. The summed E-state index contributed by atoms with van der Waals surface area (Å²) in [5, 5.41) is 10.8. The minimum Gasteiger partial charge on any atom is -0.494 e. The average Bonchev–Trinajstić information content (AvgIpc) is 3.07. The minimum atomic E-state index is -0.741. The van der Waals surface area contributed by atoms with Gasteiger partial charge >= 0.3 is 5.69 Å². The number of aryl methyl sites for hydroxylation is 1. The Morgan fingerprint density at radius 3 is 2.88 bits per heavy atom. The number of nitrogens with one attached hydrogen (secondary N) is 1. The van der Waals surface area contributed by atoms with Crippen molar-refractivity contribution in [3.05, 3.63) is 79.3 Å². The lowest BCUT2D eigenvalue weighted by atomic mass is 10.2. The molecule has 7 nitrogen and oxygen atoms in total. The first kappa shape index (κ1) is 16.8. The zero-order valence-electron chi connectivity index (χ0n) is 13.2. The van der Waals surface area contributed by atoms with Crippen LogP contribution in [-0.2, 0) is 6.54 Å². The van der Waals surface area contributed by atoms with E-state index in [1.54, 1.807) is 30.3 Å².